The maximum atomic E-state index is 14.9. The van der Waals surface area contributed by atoms with Crippen LogP contribution in [0.2, 0.25) is 0 Å². The van der Waals surface area contributed by atoms with Gasteiger partial charge in [-0.15, -0.1) is 0 Å². The first-order valence-electron chi connectivity index (χ1n) is 21.5. The Kier molecular flexibility index (Phi) is 14.3. The predicted molar refractivity (Wildman–Crippen MR) is 244 cm³/mol. The highest BCUT2D eigenvalue weighted by molar-refractivity contribution is 6.25. The van der Waals surface area contributed by atoms with Gasteiger partial charge in [0, 0.05) is 67.4 Å². The number of hydrazine groups is 1. The van der Waals surface area contributed by atoms with Crippen molar-refractivity contribution in [3.8, 4) is 17.2 Å². The number of Topliss-reactive ketones (excluding diaryl/α,β-unsaturated/α-hetero) is 2. The monoisotopic (exact) mass is 910 g/mol. The number of amides is 1. The third-order valence-corrected chi connectivity index (χ3v) is 12.7. The lowest BCUT2D eigenvalue weighted by Crippen LogP contribution is -2.46. The zero-order chi connectivity index (χ0) is 48.5. The van der Waals surface area contributed by atoms with E-state index < -0.39 is 100.0 Å². The number of aliphatic hydroxyl groups is 3. The zero-order valence-corrected chi connectivity index (χ0v) is 38.8. The number of fused-ring (bicyclic) bond motifs is 15. The molecule has 0 radical (unpaired) electrons. The van der Waals surface area contributed by atoms with Gasteiger partial charge in [0.15, 0.2) is 11.5 Å². The number of phenolic OH excluding ortho intramolecular Hbond substituents is 1. The van der Waals surface area contributed by atoms with Gasteiger partial charge >= 0.3 is 11.8 Å². The molecule has 352 valence electrons. The molecular weight excluding hydrogens is 853 g/mol. The van der Waals surface area contributed by atoms with Crippen LogP contribution in [-0.4, -0.2) is 93.3 Å². The molecule has 0 saturated carbocycles. The number of carbonyl (C=O) groups excluding carboxylic acids is 4. The van der Waals surface area contributed by atoms with Gasteiger partial charge in [0.1, 0.15) is 28.9 Å². The first kappa shape index (κ1) is 48.8. The maximum absolute atomic E-state index is 14.9. The van der Waals surface area contributed by atoms with E-state index in [9.17, 15) is 39.6 Å². The van der Waals surface area contributed by atoms with E-state index in [1.54, 1.807) is 59.9 Å². The van der Waals surface area contributed by atoms with Crippen molar-refractivity contribution >= 4 is 45.8 Å². The average Bonchev–Trinajstić information content (AvgIpc) is 3.55. The van der Waals surface area contributed by atoms with Crippen molar-refractivity contribution in [2.75, 3.05) is 19.6 Å². The summed E-state index contributed by atoms with van der Waals surface area (Å²) in [7, 11) is 2.97. The van der Waals surface area contributed by atoms with Crippen molar-refractivity contribution in [2.24, 2.45) is 23.7 Å². The minimum atomic E-state index is -2.11. The number of rotatable bonds is 6. The SMILES string of the molecule is COc1cccc2cc(NN/C=C3/C(=O)c4c5c(O)c(C)c6c4C(=O)[C@@](C)(O/C=C/[C@H](OC)[C@@H](C)[C@@H](OC(C)=O)[C@H](C)[C@H](O)[C@H](C)[C@@H](O)[C@H](C)/C=C/C=C(/C)C(=O)NC3=C5O)O6)c(C)nc12. The normalized spacial score (nSPS) is 29.6. The number of esters is 1. The van der Waals surface area contributed by atoms with Crippen molar-refractivity contribution in [1.82, 2.24) is 15.7 Å². The Labute approximate surface area is 382 Å². The summed E-state index contributed by atoms with van der Waals surface area (Å²) in [5, 5.41) is 50.0. The maximum Gasteiger partial charge on any atom is 0.312 e. The number of hydrogen-bond acceptors (Lipinski definition) is 16. The second-order valence-electron chi connectivity index (χ2n) is 17.2. The van der Waals surface area contributed by atoms with Crippen molar-refractivity contribution in [2.45, 2.75) is 92.5 Å². The number of methoxy groups -OCH3 is 2. The van der Waals surface area contributed by atoms with E-state index in [1.165, 1.54) is 59.4 Å². The Morgan fingerprint density at radius 3 is 2.33 bits per heavy atom. The van der Waals surface area contributed by atoms with Gasteiger partial charge in [-0.3, -0.25) is 24.6 Å². The van der Waals surface area contributed by atoms with E-state index in [4.69, 9.17) is 23.7 Å². The van der Waals surface area contributed by atoms with E-state index in [1.807, 2.05) is 18.2 Å². The van der Waals surface area contributed by atoms with Gasteiger partial charge in [0.05, 0.1) is 71.0 Å². The molecule has 3 aliphatic heterocycles. The summed E-state index contributed by atoms with van der Waals surface area (Å²) < 4.78 is 29.1. The number of para-hydroxylation sites is 1. The number of nitrogens with one attached hydrogen (secondary N) is 3. The van der Waals surface area contributed by atoms with E-state index in [0.29, 0.717) is 22.6 Å². The largest absolute Gasteiger partial charge is 0.507 e. The Morgan fingerprint density at radius 1 is 0.955 bits per heavy atom. The molecule has 0 spiro atoms. The highest BCUT2D eigenvalue weighted by atomic mass is 16.7. The fourth-order valence-electron chi connectivity index (χ4n) is 8.61. The number of ketones is 2. The summed E-state index contributed by atoms with van der Waals surface area (Å²) >= 11 is 0. The molecule has 0 saturated heterocycles. The molecule has 0 unspecified atom stereocenters. The first-order chi connectivity index (χ1) is 31.2. The van der Waals surface area contributed by atoms with Crippen molar-refractivity contribution in [3.63, 3.8) is 0 Å². The van der Waals surface area contributed by atoms with E-state index in [2.05, 4.69) is 21.2 Å². The van der Waals surface area contributed by atoms with Crippen LogP contribution in [0.4, 0.5) is 5.69 Å². The fourth-order valence-corrected chi connectivity index (χ4v) is 8.61. The van der Waals surface area contributed by atoms with Crippen LogP contribution in [0.3, 0.4) is 0 Å². The summed E-state index contributed by atoms with van der Waals surface area (Å²) in [6.07, 6.45) is 4.52. The Morgan fingerprint density at radius 2 is 1.67 bits per heavy atom. The van der Waals surface area contributed by atoms with E-state index in [0.717, 1.165) is 5.39 Å². The summed E-state index contributed by atoms with van der Waals surface area (Å²) in [5.41, 5.74) is 5.90. The Hall–Kier alpha value is -6.69. The molecule has 5 bridgehead atoms. The number of anilines is 1. The van der Waals surface area contributed by atoms with Gasteiger partial charge in [-0.1, -0.05) is 58.1 Å². The smallest absolute Gasteiger partial charge is 0.312 e. The number of nitrogens with zero attached hydrogens (tertiary/aromatic N) is 1. The number of benzene rings is 2. The topological polar surface area (TPSA) is 244 Å². The van der Waals surface area contributed by atoms with Gasteiger partial charge in [0.25, 0.3) is 11.7 Å². The van der Waals surface area contributed by atoms with Crippen LogP contribution in [0.25, 0.3) is 16.7 Å². The standard InChI is InChI=1S/C49H58N4O13/c1-22-14-12-15-23(2)48(61)52-39-31(21-50-53-32-20-30-16-13-17-34(63-11)38(30)51-28(32)7)43(58)35-36(44(39)59)42(57)27(6)46-37(35)47(60)49(9,66-46)64-19-18-33(62-10)24(3)45(65-29(8)54)26(5)41(56)25(4)40(22)55/h12-22,24-26,33,40-41,45,50,53,55-57,59H,1-11H3,(H,52,61)/b14-12+,19-18+,23-15-,31-21+/t22-,24-,25-,26-,33+,40+,41-,45-,49+/m1/s1. The highest BCUT2D eigenvalue weighted by Gasteiger charge is 2.52. The molecule has 3 aromatic rings. The van der Waals surface area contributed by atoms with Gasteiger partial charge in [-0.2, -0.15) is 0 Å². The number of hydrogen-bond donors (Lipinski definition) is 7. The van der Waals surface area contributed by atoms with Gasteiger partial charge in [0.2, 0.25) is 0 Å². The van der Waals surface area contributed by atoms with Gasteiger partial charge in [-0.25, -0.2) is 4.98 Å². The molecule has 2 aromatic carbocycles. The fraction of sp³-hybridized carbons (Fsp3) is 0.408. The van der Waals surface area contributed by atoms with Gasteiger partial charge in [-0.05, 0) is 39.0 Å². The third-order valence-electron chi connectivity index (χ3n) is 12.7. The van der Waals surface area contributed by atoms with Crippen molar-refractivity contribution in [3.05, 3.63) is 106 Å². The molecule has 1 aliphatic carbocycles. The van der Waals surface area contributed by atoms with Crippen molar-refractivity contribution in [1.29, 1.82) is 0 Å². The van der Waals surface area contributed by atoms with E-state index in [-0.39, 0.29) is 33.7 Å². The lowest BCUT2D eigenvalue weighted by molar-refractivity contribution is -0.160. The molecule has 1 amide bonds. The van der Waals surface area contributed by atoms with Crippen LogP contribution in [0.1, 0.15) is 86.0 Å². The lowest BCUT2D eigenvalue weighted by atomic mass is 9.78. The Balaban J connectivity index is 1.48. The minimum absolute atomic E-state index is 0.000933. The molecule has 7 N–H and O–H groups in total. The second-order valence-corrected chi connectivity index (χ2v) is 17.2. The summed E-state index contributed by atoms with van der Waals surface area (Å²) in [6, 6.07) is 7.26. The number of aromatic hydroxyl groups is 1. The number of allylic oxidation sites excluding steroid dienone is 3. The number of aryl methyl sites for hydroxylation is 1. The molecule has 7 rings (SSSR count). The molecule has 66 heavy (non-hydrogen) atoms. The molecule has 9 atom stereocenters. The van der Waals surface area contributed by atoms with Crippen LogP contribution >= 0.6 is 0 Å². The second kappa shape index (κ2) is 19.4. The number of ether oxygens (including phenoxy) is 5. The van der Waals surface area contributed by atoms with Crippen LogP contribution in [0.5, 0.6) is 17.2 Å². The average molecular weight is 911 g/mol. The number of carbonyl (C=O) groups is 4. The molecular formula is C49H58N4O13. The molecule has 4 aliphatic rings. The number of aliphatic hydroxyl groups excluding tert-OH is 3. The number of aromatic nitrogens is 1. The molecule has 4 heterocycles. The third kappa shape index (κ3) is 9.10. The lowest BCUT2D eigenvalue weighted by Gasteiger charge is -2.38. The van der Waals surface area contributed by atoms with Crippen LogP contribution in [0.15, 0.2) is 77.9 Å². The highest BCUT2D eigenvalue weighted by Crippen LogP contribution is 2.50. The molecule has 1 aromatic heterocycles. The van der Waals surface area contributed by atoms with Crippen molar-refractivity contribution < 1.29 is 63.3 Å². The molecule has 17 heteroatoms. The summed E-state index contributed by atoms with van der Waals surface area (Å²) in [6.45, 7) is 14.1. The number of phenols is 1. The zero-order valence-electron chi connectivity index (χ0n) is 38.8. The van der Waals surface area contributed by atoms with Crippen LogP contribution in [-0.2, 0) is 23.8 Å². The summed E-state index contributed by atoms with van der Waals surface area (Å²) in [4.78, 5) is 60.4. The van der Waals surface area contributed by atoms with Crippen LogP contribution in [0, 0.1) is 37.5 Å². The van der Waals surface area contributed by atoms with Crippen LogP contribution < -0.4 is 25.6 Å². The summed E-state index contributed by atoms with van der Waals surface area (Å²) in [5.74, 6) is -8.65. The minimum Gasteiger partial charge on any atom is -0.507 e. The van der Waals surface area contributed by atoms with E-state index >= 15 is 0 Å². The predicted octanol–water partition coefficient (Wildman–Crippen LogP) is 6.16. The molecule has 0 fully saturated rings. The molecule has 17 nitrogen and oxygen atoms in total. The quantitative estimate of drug-likeness (QED) is 0.0832. The van der Waals surface area contributed by atoms with Gasteiger partial charge < -0.3 is 54.9 Å². The first-order valence-corrected chi connectivity index (χ1v) is 21.5. The Bertz CT molecular complexity index is 2610. The number of pyridine rings is 1.